The van der Waals surface area contributed by atoms with Crippen LogP contribution in [-0.2, 0) is 17.6 Å². The Hall–Kier alpha value is -1.68. The third kappa shape index (κ3) is 2.61. The smallest absolute Gasteiger partial charge is 0.229 e. The molecule has 1 aromatic carbocycles. The molecule has 102 valence electrons. The molecule has 3 rings (SSSR count). The molecule has 1 aliphatic rings. The van der Waals surface area contributed by atoms with Gasteiger partial charge in [0.1, 0.15) is 5.82 Å². The number of aryl methyl sites for hydroxylation is 1. The molecule has 0 saturated carbocycles. The van der Waals surface area contributed by atoms with Gasteiger partial charge in [-0.15, -0.1) is 0 Å². The van der Waals surface area contributed by atoms with Gasteiger partial charge in [-0.3, -0.25) is 4.79 Å². The van der Waals surface area contributed by atoms with Gasteiger partial charge in [0.25, 0.3) is 0 Å². The van der Waals surface area contributed by atoms with Crippen molar-refractivity contribution in [3.63, 3.8) is 0 Å². The van der Waals surface area contributed by atoms with Crippen LogP contribution < -0.4 is 5.32 Å². The normalized spacial score (nSPS) is 14.1. The van der Waals surface area contributed by atoms with Crippen LogP contribution in [0.3, 0.4) is 0 Å². The van der Waals surface area contributed by atoms with Gasteiger partial charge in [-0.05, 0) is 58.5 Å². The summed E-state index contributed by atoms with van der Waals surface area (Å²) in [5.74, 6) is 0.681. The number of rotatable bonds is 2. The second kappa shape index (κ2) is 5.37. The number of amides is 1. The zero-order valence-electron chi connectivity index (χ0n) is 11.2. The van der Waals surface area contributed by atoms with E-state index >= 15 is 0 Å². The Morgan fingerprint density at radius 1 is 1.30 bits per heavy atom. The Kier molecular flexibility index (Phi) is 3.57. The number of carbonyl (C=O) groups excluding carboxylic acids is 1. The Labute approximate surface area is 126 Å². The highest BCUT2D eigenvalue weighted by Gasteiger charge is 2.27. The molecule has 4 heteroatoms. The van der Waals surface area contributed by atoms with Gasteiger partial charge in [0, 0.05) is 16.6 Å². The van der Waals surface area contributed by atoms with Crippen molar-refractivity contribution in [1.82, 2.24) is 4.98 Å². The molecule has 0 saturated heterocycles. The summed E-state index contributed by atoms with van der Waals surface area (Å²) in [4.78, 5) is 16.5. The molecular weight excluding hydrogens is 316 g/mol. The van der Waals surface area contributed by atoms with Crippen molar-refractivity contribution in [3.05, 3.63) is 57.7 Å². The highest BCUT2D eigenvalue weighted by atomic mass is 79.9. The van der Waals surface area contributed by atoms with Crippen LogP contribution in [0.25, 0.3) is 0 Å². The number of aromatic nitrogens is 1. The fourth-order valence-electron chi connectivity index (χ4n) is 2.58. The van der Waals surface area contributed by atoms with E-state index in [9.17, 15) is 4.79 Å². The summed E-state index contributed by atoms with van der Waals surface area (Å²) < 4.78 is 0.948. The summed E-state index contributed by atoms with van der Waals surface area (Å²) in [5.41, 5.74) is 3.63. The fraction of sp³-hybridized carbons (Fsp3) is 0.250. The first-order chi connectivity index (χ1) is 9.63. The topological polar surface area (TPSA) is 42.0 Å². The van der Waals surface area contributed by atoms with E-state index < -0.39 is 0 Å². The van der Waals surface area contributed by atoms with Crippen molar-refractivity contribution in [2.24, 2.45) is 5.92 Å². The first-order valence-electron chi connectivity index (χ1n) is 6.63. The van der Waals surface area contributed by atoms with E-state index in [0.717, 1.165) is 22.9 Å². The van der Waals surface area contributed by atoms with Crippen LogP contribution in [0.5, 0.6) is 0 Å². The molecule has 0 bridgehead atoms. The molecule has 0 atom stereocenters. The van der Waals surface area contributed by atoms with E-state index in [-0.39, 0.29) is 11.8 Å². The average molecular weight is 331 g/mol. The van der Waals surface area contributed by atoms with E-state index in [0.29, 0.717) is 5.82 Å². The van der Waals surface area contributed by atoms with E-state index in [4.69, 9.17) is 0 Å². The molecule has 20 heavy (non-hydrogen) atoms. The zero-order chi connectivity index (χ0) is 14.1. The van der Waals surface area contributed by atoms with Crippen molar-refractivity contribution >= 4 is 27.7 Å². The number of fused-ring (bicyclic) bond motifs is 1. The van der Waals surface area contributed by atoms with E-state index in [1.165, 1.54) is 11.1 Å². The molecule has 0 radical (unpaired) electrons. The SMILES string of the molecule is Cc1cc(NC(=O)C2Cc3ccccc3C2)ncc1Br. The van der Waals surface area contributed by atoms with Crippen LogP contribution in [0.2, 0.25) is 0 Å². The molecule has 0 fully saturated rings. The number of benzene rings is 1. The van der Waals surface area contributed by atoms with Crippen LogP contribution in [0.1, 0.15) is 16.7 Å². The predicted octanol–water partition coefficient (Wildman–Crippen LogP) is 3.51. The number of hydrogen-bond donors (Lipinski definition) is 1. The maximum absolute atomic E-state index is 12.3. The van der Waals surface area contributed by atoms with Crippen LogP contribution in [0.15, 0.2) is 41.0 Å². The molecule has 0 aliphatic heterocycles. The van der Waals surface area contributed by atoms with Gasteiger partial charge in [-0.1, -0.05) is 24.3 Å². The van der Waals surface area contributed by atoms with Crippen molar-refractivity contribution in [3.8, 4) is 0 Å². The molecule has 1 heterocycles. The van der Waals surface area contributed by atoms with Crippen molar-refractivity contribution in [2.75, 3.05) is 5.32 Å². The number of anilines is 1. The predicted molar refractivity (Wildman–Crippen MR) is 82.6 cm³/mol. The van der Waals surface area contributed by atoms with Crippen molar-refractivity contribution in [1.29, 1.82) is 0 Å². The molecule has 0 unspecified atom stereocenters. The summed E-state index contributed by atoms with van der Waals surface area (Å²) in [5, 5.41) is 2.92. The van der Waals surface area contributed by atoms with Gasteiger partial charge in [0.05, 0.1) is 0 Å². The van der Waals surface area contributed by atoms with Gasteiger partial charge in [0.15, 0.2) is 0 Å². The van der Waals surface area contributed by atoms with Gasteiger partial charge in [0.2, 0.25) is 5.91 Å². The second-order valence-electron chi connectivity index (χ2n) is 5.18. The zero-order valence-corrected chi connectivity index (χ0v) is 12.8. The Morgan fingerprint density at radius 2 is 1.95 bits per heavy atom. The van der Waals surface area contributed by atoms with Gasteiger partial charge in [-0.25, -0.2) is 4.98 Å². The lowest BCUT2D eigenvalue weighted by Gasteiger charge is -2.10. The summed E-state index contributed by atoms with van der Waals surface area (Å²) in [6.45, 7) is 1.98. The number of pyridine rings is 1. The van der Waals surface area contributed by atoms with Crippen LogP contribution >= 0.6 is 15.9 Å². The van der Waals surface area contributed by atoms with Crippen molar-refractivity contribution < 1.29 is 4.79 Å². The third-order valence-corrected chi connectivity index (χ3v) is 4.55. The van der Waals surface area contributed by atoms with Crippen molar-refractivity contribution in [2.45, 2.75) is 19.8 Å². The largest absolute Gasteiger partial charge is 0.310 e. The molecular formula is C16H15BrN2O. The average Bonchev–Trinajstić information content (AvgIpc) is 2.87. The minimum absolute atomic E-state index is 0.0122. The molecule has 1 amide bonds. The van der Waals surface area contributed by atoms with E-state index in [1.54, 1.807) is 6.20 Å². The van der Waals surface area contributed by atoms with Crippen LogP contribution in [-0.4, -0.2) is 10.9 Å². The maximum Gasteiger partial charge on any atom is 0.229 e. The highest BCUT2D eigenvalue weighted by Crippen LogP contribution is 2.27. The fourth-order valence-corrected chi connectivity index (χ4v) is 2.80. The van der Waals surface area contributed by atoms with E-state index in [1.807, 2.05) is 25.1 Å². The molecule has 3 nitrogen and oxygen atoms in total. The molecule has 1 N–H and O–H groups in total. The summed E-state index contributed by atoms with van der Waals surface area (Å²) in [6, 6.07) is 10.1. The number of carbonyl (C=O) groups is 1. The number of nitrogens with zero attached hydrogens (tertiary/aromatic N) is 1. The number of hydrogen-bond acceptors (Lipinski definition) is 2. The monoisotopic (exact) mass is 330 g/mol. The van der Waals surface area contributed by atoms with Gasteiger partial charge < -0.3 is 5.32 Å². The van der Waals surface area contributed by atoms with Gasteiger partial charge >= 0.3 is 0 Å². The minimum atomic E-state index is 0.0122. The quantitative estimate of drug-likeness (QED) is 0.915. The standard InChI is InChI=1S/C16H15BrN2O/c1-10-6-15(18-9-14(10)17)19-16(20)13-7-11-4-2-3-5-12(11)8-13/h2-6,9,13H,7-8H2,1H3,(H,18,19,20). The van der Waals surface area contributed by atoms with Crippen LogP contribution in [0, 0.1) is 12.8 Å². The summed E-state index contributed by atoms with van der Waals surface area (Å²) in [6.07, 6.45) is 3.35. The Balaban J connectivity index is 1.71. The summed E-state index contributed by atoms with van der Waals surface area (Å²) >= 11 is 3.41. The Morgan fingerprint density at radius 3 is 2.55 bits per heavy atom. The maximum atomic E-state index is 12.3. The first-order valence-corrected chi connectivity index (χ1v) is 7.42. The van der Waals surface area contributed by atoms with Crippen LogP contribution in [0.4, 0.5) is 5.82 Å². The van der Waals surface area contributed by atoms with E-state index in [2.05, 4.69) is 38.4 Å². The Bertz CT molecular complexity index is 644. The number of nitrogens with one attached hydrogen (secondary N) is 1. The number of halogens is 1. The second-order valence-corrected chi connectivity index (χ2v) is 6.04. The first kappa shape index (κ1) is 13.3. The molecule has 1 aliphatic carbocycles. The van der Waals surface area contributed by atoms with Gasteiger partial charge in [-0.2, -0.15) is 0 Å². The third-order valence-electron chi connectivity index (χ3n) is 3.72. The molecule has 1 aromatic heterocycles. The molecule has 2 aromatic rings. The summed E-state index contributed by atoms with van der Waals surface area (Å²) in [7, 11) is 0. The lowest BCUT2D eigenvalue weighted by molar-refractivity contribution is -0.119. The minimum Gasteiger partial charge on any atom is -0.310 e. The molecule has 0 spiro atoms. The highest BCUT2D eigenvalue weighted by molar-refractivity contribution is 9.10. The lowest BCUT2D eigenvalue weighted by atomic mass is 10.1. The lowest BCUT2D eigenvalue weighted by Crippen LogP contribution is -2.23.